The molecular weight excluding hydrogens is 269 g/mol. The summed E-state index contributed by atoms with van der Waals surface area (Å²) in [6.45, 7) is 2.21. The third-order valence-electron chi connectivity index (χ3n) is 2.03. The molecule has 86 valence electrons. The summed E-state index contributed by atoms with van der Waals surface area (Å²) < 4.78 is 4.13. The zero-order chi connectivity index (χ0) is 10.9. The van der Waals surface area contributed by atoms with E-state index in [1.165, 1.54) is 25.7 Å². The van der Waals surface area contributed by atoms with Crippen molar-refractivity contribution in [1.82, 2.24) is 0 Å². The van der Waals surface area contributed by atoms with Crippen LogP contribution < -0.4 is 103 Å². The molecule has 0 bridgehead atoms. The molecule has 0 N–H and O–H groups in total. The Morgan fingerprint density at radius 3 is 1.59 bits per heavy atom. The zero-order valence-electron chi connectivity index (χ0n) is 11.8. The number of hydrogen-bond acceptors (Lipinski definition) is 4. The van der Waals surface area contributed by atoms with Gasteiger partial charge < -0.3 is 18.8 Å². The second-order valence-electron chi connectivity index (χ2n) is 3.47. The largest absolute Gasteiger partial charge is 1.00 e. The Balaban J connectivity index is -0.000000282. The van der Waals surface area contributed by atoms with Gasteiger partial charge in [0.15, 0.2) is 0 Å². The Kier molecular flexibility index (Phi) is 31.7. The van der Waals surface area contributed by atoms with Crippen LogP contribution in [0.4, 0.5) is 0 Å². The van der Waals surface area contributed by atoms with Gasteiger partial charge in [-0.15, -0.1) is 9.05 Å². The first-order chi connectivity index (χ1) is 6.56. The first-order valence-corrected chi connectivity index (χ1v) is 6.95. The van der Waals surface area contributed by atoms with Crippen molar-refractivity contribution < 1.29 is 107 Å². The molecular formula is C9H19Na3O4Si. The molecule has 0 aromatic carbocycles. The average molecular weight is 288 g/mol. The van der Waals surface area contributed by atoms with Crippen LogP contribution in [0.2, 0.25) is 0 Å². The fraction of sp³-hybridized carbons (Fsp3) is 1.00. The molecule has 0 fully saturated rings. The Labute approximate surface area is 172 Å². The number of unbranched alkanes of at least 4 members (excludes halogenated alkanes) is 6. The van der Waals surface area contributed by atoms with Crippen LogP contribution in [0, 0.1) is 0 Å². The van der Waals surface area contributed by atoms with E-state index in [2.05, 4.69) is 11.3 Å². The van der Waals surface area contributed by atoms with Crippen LogP contribution in [-0.4, -0.2) is 15.7 Å². The minimum Gasteiger partial charge on any atom is -0.861 e. The van der Waals surface area contributed by atoms with Crippen molar-refractivity contribution >= 4 is 9.05 Å². The average Bonchev–Trinajstić information content (AvgIpc) is 2.08. The van der Waals surface area contributed by atoms with Crippen LogP contribution in [0.1, 0.15) is 51.9 Å². The molecule has 0 unspecified atom stereocenters. The van der Waals surface area contributed by atoms with E-state index in [1.807, 2.05) is 0 Å². The van der Waals surface area contributed by atoms with E-state index in [-0.39, 0.29) is 95.3 Å². The van der Waals surface area contributed by atoms with Gasteiger partial charge in [-0.1, -0.05) is 45.4 Å². The molecule has 0 radical (unpaired) electrons. The predicted octanol–water partition coefficient (Wildman–Crippen LogP) is -9.72. The zero-order valence-corrected chi connectivity index (χ0v) is 18.8. The second kappa shape index (κ2) is 19.1. The molecule has 0 atom stereocenters. The molecule has 0 aliphatic carbocycles. The van der Waals surface area contributed by atoms with Crippen molar-refractivity contribution in [2.24, 2.45) is 0 Å². The van der Waals surface area contributed by atoms with E-state index >= 15 is 0 Å². The summed E-state index contributed by atoms with van der Waals surface area (Å²) in [5.74, 6) is 0. The maximum Gasteiger partial charge on any atom is 1.00 e. The maximum absolute atomic E-state index is 10.1. The first kappa shape index (κ1) is 28.3. The van der Waals surface area contributed by atoms with Crippen LogP contribution in [0.25, 0.3) is 0 Å². The summed E-state index contributed by atoms with van der Waals surface area (Å²) in [5, 5.41) is 0. The van der Waals surface area contributed by atoms with Crippen LogP contribution in [-0.2, 0) is 4.43 Å². The van der Waals surface area contributed by atoms with Crippen molar-refractivity contribution in [2.75, 3.05) is 6.61 Å². The van der Waals surface area contributed by atoms with Crippen molar-refractivity contribution in [1.29, 1.82) is 0 Å². The van der Waals surface area contributed by atoms with E-state index in [9.17, 15) is 14.4 Å². The van der Waals surface area contributed by atoms with Gasteiger partial charge in [-0.05, 0) is 6.42 Å². The minimum atomic E-state index is -4.99. The van der Waals surface area contributed by atoms with Crippen LogP contribution in [0.3, 0.4) is 0 Å². The van der Waals surface area contributed by atoms with E-state index in [0.717, 1.165) is 12.8 Å². The van der Waals surface area contributed by atoms with Gasteiger partial charge in [0, 0.05) is 6.61 Å². The predicted molar refractivity (Wildman–Crippen MR) is 49.7 cm³/mol. The molecule has 0 aromatic rings. The van der Waals surface area contributed by atoms with Gasteiger partial charge in [-0.3, -0.25) is 0 Å². The Morgan fingerprint density at radius 2 is 1.18 bits per heavy atom. The van der Waals surface area contributed by atoms with Gasteiger partial charge in [0.05, 0.1) is 0 Å². The van der Waals surface area contributed by atoms with Gasteiger partial charge in [0.1, 0.15) is 0 Å². The summed E-state index contributed by atoms with van der Waals surface area (Å²) in [5.41, 5.74) is 0. The van der Waals surface area contributed by atoms with Crippen molar-refractivity contribution in [3.63, 3.8) is 0 Å². The van der Waals surface area contributed by atoms with Crippen LogP contribution in [0.5, 0.6) is 0 Å². The molecule has 0 saturated carbocycles. The molecule has 4 nitrogen and oxygen atoms in total. The summed E-state index contributed by atoms with van der Waals surface area (Å²) >= 11 is 0. The molecule has 0 spiro atoms. The number of hydrogen-bond donors (Lipinski definition) is 0. The fourth-order valence-corrected chi connectivity index (χ4v) is 1.65. The Hall–Kier alpha value is 3.06. The van der Waals surface area contributed by atoms with Crippen molar-refractivity contribution in [2.45, 2.75) is 51.9 Å². The smallest absolute Gasteiger partial charge is 0.861 e. The number of rotatable bonds is 9. The van der Waals surface area contributed by atoms with Crippen LogP contribution >= 0.6 is 0 Å². The van der Waals surface area contributed by atoms with Crippen LogP contribution in [0.15, 0.2) is 0 Å². The molecule has 0 aliphatic heterocycles. The Bertz CT molecular complexity index is 136. The normalized spacial score (nSPS) is 9.88. The second-order valence-corrected chi connectivity index (χ2v) is 4.76. The van der Waals surface area contributed by atoms with Gasteiger partial charge in [-0.25, -0.2) is 0 Å². The van der Waals surface area contributed by atoms with Gasteiger partial charge in [0.25, 0.3) is 0 Å². The van der Waals surface area contributed by atoms with E-state index in [0.29, 0.717) is 6.42 Å². The summed E-state index contributed by atoms with van der Waals surface area (Å²) in [6, 6.07) is 0. The van der Waals surface area contributed by atoms with Gasteiger partial charge in [-0.2, -0.15) is 0 Å². The van der Waals surface area contributed by atoms with Crippen molar-refractivity contribution in [3.8, 4) is 0 Å². The van der Waals surface area contributed by atoms with E-state index < -0.39 is 9.05 Å². The van der Waals surface area contributed by atoms with E-state index in [1.54, 1.807) is 0 Å². The molecule has 0 aromatic heterocycles. The molecule has 0 rings (SSSR count). The molecule has 0 heterocycles. The quantitative estimate of drug-likeness (QED) is 0.312. The maximum atomic E-state index is 10.1. The van der Waals surface area contributed by atoms with Gasteiger partial charge in [0.2, 0.25) is 0 Å². The third-order valence-corrected chi connectivity index (χ3v) is 2.58. The topological polar surface area (TPSA) is 78.4 Å². The molecule has 0 aliphatic rings. The molecule has 8 heteroatoms. The molecule has 0 saturated heterocycles. The van der Waals surface area contributed by atoms with Gasteiger partial charge >= 0.3 is 88.7 Å². The molecule has 0 amide bonds. The first-order valence-electron chi connectivity index (χ1n) is 5.31. The summed E-state index contributed by atoms with van der Waals surface area (Å²) in [6.07, 6.45) is 7.59. The summed E-state index contributed by atoms with van der Waals surface area (Å²) in [4.78, 5) is 30.2. The SMILES string of the molecule is CCCCCCCCCO[Si]([O-])([O-])[O-].[Na+].[Na+].[Na+]. The van der Waals surface area contributed by atoms with Crippen molar-refractivity contribution in [3.05, 3.63) is 0 Å². The van der Waals surface area contributed by atoms with E-state index in [4.69, 9.17) is 0 Å². The Morgan fingerprint density at radius 1 is 0.765 bits per heavy atom. The standard InChI is InChI=1S/C9H19O4Si.3Na/c1-2-3-4-5-6-7-8-9-13-14(10,11)12;;;/h2-9H2,1H3;;;/q-3;3*+1. The third kappa shape index (κ3) is 28.1. The molecule has 17 heavy (non-hydrogen) atoms. The minimum absolute atomic E-state index is 0. The summed E-state index contributed by atoms with van der Waals surface area (Å²) in [7, 11) is -4.99. The monoisotopic (exact) mass is 288 g/mol. The fourth-order valence-electron chi connectivity index (χ4n) is 1.26.